The molecule has 0 aliphatic heterocycles. The zero-order valence-electron chi connectivity index (χ0n) is 13.8. The molecule has 11 nitrogen and oxygen atoms in total. The number of carbonyl (C=O) groups is 2. The summed E-state index contributed by atoms with van der Waals surface area (Å²) in [5, 5.41) is 16.1. The van der Waals surface area contributed by atoms with E-state index < -0.39 is 26.4 Å². The highest BCUT2D eigenvalue weighted by Gasteiger charge is 2.18. The van der Waals surface area contributed by atoms with Gasteiger partial charge in [-0.05, 0) is 13.8 Å². The lowest BCUT2D eigenvalue weighted by Crippen LogP contribution is -2.42. The van der Waals surface area contributed by atoms with E-state index in [2.05, 4.69) is 25.4 Å². The molecule has 0 aliphatic rings. The summed E-state index contributed by atoms with van der Waals surface area (Å²) < 4.78 is 15.2. The Hall–Kier alpha value is -2.33. The van der Waals surface area contributed by atoms with Crippen LogP contribution in [0.4, 0.5) is 0 Å². The van der Waals surface area contributed by atoms with Crippen molar-refractivity contribution in [2.45, 2.75) is 33.4 Å². The average molecular weight is 374 g/mol. The van der Waals surface area contributed by atoms with Crippen LogP contribution in [-0.2, 0) is 25.3 Å². The van der Waals surface area contributed by atoms with Gasteiger partial charge in [-0.3, -0.25) is 19.1 Å². The molecule has 138 valence electrons. The van der Waals surface area contributed by atoms with Gasteiger partial charge in [-0.1, -0.05) is 0 Å². The van der Waals surface area contributed by atoms with Crippen LogP contribution in [-0.4, -0.2) is 43.9 Å². The fourth-order valence-corrected chi connectivity index (χ4v) is 2.00. The highest BCUT2D eigenvalue weighted by Crippen LogP contribution is 2.37. The van der Waals surface area contributed by atoms with Crippen molar-refractivity contribution in [3.05, 3.63) is 23.0 Å². The van der Waals surface area contributed by atoms with Gasteiger partial charge in [-0.2, -0.15) is 5.10 Å². The van der Waals surface area contributed by atoms with E-state index in [4.69, 9.17) is 9.79 Å². The predicted molar refractivity (Wildman–Crippen MR) is 86.5 cm³/mol. The molecule has 1 rings (SSSR count). The van der Waals surface area contributed by atoms with Crippen LogP contribution in [0.5, 0.6) is 5.75 Å². The molecule has 0 unspecified atom stereocenters. The Kier molecular flexibility index (Phi) is 7.19. The Balaban J connectivity index is 2.92. The molecule has 0 bridgehead atoms. The van der Waals surface area contributed by atoms with Gasteiger partial charge in [0.1, 0.15) is 11.8 Å². The van der Waals surface area contributed by atoms with Crippen molar-refractivity contribution in [2.24, 2.45) is 5.10 Å². The molecule has 0 saturated heterocycles. The van der Waals surface area contributed by atoms with Gasteiger partial charge in [0.05, 0.1) is 18.5 Å². The molecule has 1 aromatic rings. The van der Waals surface area contributed by atoms with Crippen LogP contribution in [0.3, 0.4) is 0 Å². The van der Waals surface area contributed by atoms with Crippen LogP contribution in [0, 0.1) is 6.92 Å². The van der Waals surface area contributed by atoms with Crippen molar-refractivity contribution < 1.29 is 33.6 Å². The maximum atomic E-state index is 11.7. The Morgan fingerprint density at radius 3 is 2.68 bits per heavy atom. The van der Waals surface area contributed by atoms with Crippen molar-refractivity contribution in [1.29, 1.82) is 0 Å². The van der Waals surface area contributed by atoms with E-state index in [-0.39, 0.29) is 28.5 Å². The molecule has 0 spiro atoms. The van der Waals surface area contributed by atoms with E-state index in [1.54, 1.807) is 0 Å². The van der Waals surface area contributed by atoms with E-state index in [1.165, 1.54) is 27.0 Å². The van der Waals surface area contributed by atoms with Gasteiger partial charge in [-0.25, -0.2) is 9.99 Å². The number of nitrogens with one attached hydrogen (secondary N) is 2. The van der Waals surface area contributed by atoms with E-state index in [0.29, 0.717) is 0 Å². The first-order chi connectivity index (χ1) is 11.5. The molecule has 0 aromatic carbocycles. The lowest BCUT2D eigenvalue weighted by molar-refractivity contribution is -0.127. The number of aromatic hydroxyl groups is 1. The largest absolute Gasteiger partial charge is 0.505 e. The minimum absolute atomic E-state index is 0.0773. The maximum Gasteiger partial charge on any atom is 0.469 e. The SMILES string of the molecule is CC(=O)N[C@@H](C)C(=O)N/N=C/c1c(COP(=O)(O)O)cnc(C)c1O. The molecular formula is C13H19N4O7P. The van der Waals surface area contributed by atoms with Crippen molar-refractivity contribution in [3.8, 4) is 5.75 Å². The van der Waals surface area contributed by atoms with Crippen LogP contribution >= 0.6 is 7.82 Å². The highest BCUT2D eigenvalue weighted by atomic mass is 31.2. The highest BCUT2D eigenvalue weighted by molar-refractivity contribution is 7.46. The fraction of sp³-hybridized carbons (Fsp3) is 0.385. The molecule has 25 heavy (non-hydrogen) atoms. The van der Waals surface area contributed by atoms with Crippen molar-refractivity contribution in [2.75, 3.05) is 0 Å². The quantitative estimate of drug-likeness (QED) is 0.245. The lowest BCUT2D eigenvalue weighted by atomic mass is 10.1. The molecule has 5 N–H and O–H groups in total. The van der Waals surface area contributed by atoms with E-state index >= 15 is 0 Å². The summed E-state index contributed by atoms with van der Waals surface area (Å²) in [7, 11) is -4.71. The number of rotatable bonds is 7. The Morgan fingerprint density at radius 1 is 1.48 bits per heavy atom. The van der Waals surface area contributed by atoms with E-state index in [9.17, 15) is 19.3 Å². The third kappa shape index (κ3) is 6.98. The number of nitrogens with zero attached hydrogens (tertiary/aromatic N) is 2. The summed E-state index contributed by atoms with van der Waals surface area (Å²) in [4.78, 5) is 44.0. The normalized spacial score (nSPS) is 12.8. The number of hydrogen-bond acceptors (Lipinski definition) is 7. The number of carbonyl (C=O) groups excluding carboxylic acids is 2. The predicted octanol–water partition coefficient (Wildman–Crippen LogP) is -0.320. The van der Waals surface area contributed by atoms with Gasteiger partial charge in [0, 0.05) is 24.2 Å². The average Bonchev–Trinajstić information content (AvgIpc) is 2.48. The number of phosphoric acid groups is 1. The first-order valence-corrected chi connectivity index (χ1v) is 8.52. The Bertz CT molecular complexity index is 731. The van der Waals surface area contributed by atoms with Gasteiger partial charge in [-0.15, -0.1) is 0 Å². The second-order valence-electron chi connectivity index (χ2n) is 5.05. The van der Waals surface area contributed by atoms with Crippen LogP contribution in [0.1, 0.15) is 30.7 Å². The maximum absolute atomic E-state index is 11.7. The number of phosphoric ester groups is 1. The Labute approximate surface area is 143 Å². The molecule has 0 radical (unpaired) electrons. The summed E-state index contributed by atoms with van der Waals surface area (Å²) in [6.45, 7) is 3.71. The summed E-state index contributed by atoms with van der Waals surface area (Å²) >= 11 is 0. The number of aromatic nitrogens is 1. The third-order valence-corrected chi connectivity index (χ3v) is 3.39. The molecule has 0 saturated carbocycles. The number of hydrogen-bond donors (Lipinski definition) is 5. The van der Waals surface area contributed by atoms with Crippen molar-refractivity contribution in [1.82, 2.24) is 15.7 Å². The standard InChI is InChI=1S/C13H19N4O7P/c1-7-12(19)11(10(4-14-7)6-24-25(21,22)23)5-15-17-13(20)8(2)16-9(3)18/h4-5,8,19H,6H2,1-3H3,(H,16,18)(H,17,20)(H2,21,22,23)/b15-5+/t8-/m0/s1. The van der Waals surface area contributed by atoms with Gasteiger partial charge < -0.3 is 20.2 Å². The van der Waals surface area contributed by atoms with Gasteiger partial charge in [0.25, 0.3) is 5.91 Å². The fourth-order valence-electron chi connectivity index (χ4n) is 1.69. The van der Waals surface area contributed by atoms with Gasteiger partial charge >= 0.3 is 7.82 Å². The van der Waals surface area contributed by atoms with Crippen molar-refractivity contribution in [3.63, 3.8) is 0 Å². The van der Waals surface area contributed by atoms with Crippen LogP contribution in [0.25, 0.3) is 0 Å². The first kappa shape index (κ1) is 20.7. The van der Waals surface area contributed by atoms with E-state index in [1.807, 2.05) is 0 Å². The topological polar surface area (TPSA) is 170 Å². The van der Waals surface area contributed by atoms with Crippen LogP contribution < -0.4 is 10.7 Å². The molecule has 12 heteroatoms. The minimum Gasteiger partial charge on any atom is -0.505 e. The number of amides is 2. The molecule has 1 atom stereocenters. The molecule has 0 aliphatic carbocycles. The minimum atomic E-state index is -4.71. The first-order valence-electron chi connectivity index (χ1n) is 6.98. The molecule has 1 heterocycles. The van der Waals surface area contributed by atoms with Crippen LogP contribution in [0.2, 0.25) is 0 Å². The third-order valence-electron chi connectivity index (χ3n) is 2.93. The van der Waals surface area contributed by atoms with Gasteiger partial charge in [0.2, 0.25) is 5.91 Å². The summed E-state index contributed by atoms with van der Waals surface area (Å²) in [6.07, 6.45) is 2.34. The van der Waals surface area contributed by atoms with Gasteiger partial charge in [0.15, 0.2) is 0 Å². The lowest BCUT2D eigenvalue weighted by Gasteiger charge is -2.11. The molecular weight excluding hydrogens is 355 g/mol. The number of pyridine rings is 1. The number of hydrazone groups is 1. The molecule has 1 aromatic heterocycles. The zero-order chi connectivity index (χ0) is 19.2. The number of aryl methyl sites for hydroxylation is 1. The summed E-state index contributed by atoms with van der Waals surface area (Å²) in [5.74, 6) is -1.25. The summed E-state index contributed by atoms with van der Waals surface area (Å²) in [6, 6.07) is -0.820. The van der Waals surface area contributed by atoms with Crippen LogP contribution in [0.15, 0.2) is 11.3 Å². The van der Waals surface area contributed by atoms with Crippen molar-refractivity contribution >= 4 is 25.9 Å². The molecule has 0 fully saturated rings. The Morgan fingerprint density at radius 2 is 2.12 bits per heavy atom. The van der Waals surface area contributed by atoms with E-state index in [0.717, 1.165) is 6.21 Å². The zero-order valence-corrected chi connectivity index (χ0v) is 14.6. The monoisotopic (exact) mass is 374 g/mol. The second-order valence-corrected chi connectivity index (χ2v) is 6.29. The molecule has 2 amide bonds. The summed E-state index contributed by atoms with van der Waals surface area (Å²) in [5.41, 5.74) is 2.65. The second kappa shape index (κ2) is 8.67. The smallest absolute Gasteiger partial charge is 0.469 e.